The Labute approximate surface area is 79.1 Å². The smallest absolute Gasteiger partial charge is 0.159 e. The van der Waals surface area contributed by atoms with Crippen LogP contribution in [0.2, 0.25) is 10.0 Å². The lowest BCUT2D eigenvalue weighted by Crippen LogP contribution is -1.93. The zero-order valence-electron chi connectivity index (χ0n) is 6.20. The van der Waals surface area contributed by atoms with Crippen molar-refractivity contribution in [1.29, 1.82) is 0 Å². The Morgan fingerprint density at radius 3 is 2.42 bits per heavy atom. The molecule has 0 saturated heterocycles. The fraction of sp³-hybridized carbons (Fsp3) is 0.125. The molecule has 64 valence electrons. The van der Waals surface area contributed by atoms with Crippen LogP contribution in [0.3, 0.4) is 0 Å². The normalized spacial score (nSPS) is 10.0. The predicted molar refractivity (Wildman–Crippen MR) is 46.4 cm³/mol. The Morgan fingerprint density at radius 1 is 1.42 bits per heavy atom. The van der Waals surface area contributed by atoms with Crippen molar-refractivity contribution in [2.24, 2.45) is 0 Å². The van der Waals surface area contributed by atoms with Crippen LogP contribution in [-0.2, 0) is 0 Å². The highest BCUT2D eigenvalue weighted by Gasteiger charge is 2.09. The lowest BCUT2D eigenvalue weighted by molar-refractivity contribution is 0.101. The highest BCUT2D eigenvalue weighted by atomic mass is 35.5. The molecule has 12 heavy (non-hydrogen) atoms. The van der Waals surface area contributed by atoms with Gasteiger partial charge in [-0.05, 0) is 19.1 Å². The van der Waals surface area contributed by atoms with Crippen molar-refractivity contribution < 1.29 is 9.18 Å². The van der Waals surface area contributed by atoms with Crippen LogP contribution in [0.5, 0.6) is 0 Å². The molecule has 0 radical (unpaired) electrons. The lowest BCUT2D eigenvalue weighted by atomic mass is 10.1. The van der Waals surface area contributed by atoms with Crippen molar-refractivity contribution in [3.05, 3.63) is 33.6 Å². The second-order valence-corrected chi connectivity index (χ2v) is 3.10. The maximum absolute atomic E-state index is 12.8. The van der Waals surface area contributed by atoms with Gasteiger partial charge in [0.1, 0.15) is 5.82 Å². The van der Waals surface area contributed by atoms with Gasteiger partial charge in [-0.2, -0.15) is 0 Å². The number of Topliss-reactive ketones (excluding diaryl/α,β-unsaturated/α-hetero) is 1. The van der Waals surface area contributed by atoms with E-state index in [0.717, 1.165) is 6.07 Å². The molecule has 0 unspecified atom stereocenters. The van der Waals surface area contributed by atoms with E-state index in [1.54, 1.807) is 0 Å². The number of benzene rings is 1. The first-order valence-electron chi connectivity index (χ1n) is 3.18. The molecule has 1 nitrogen and oxygen atoms in total. The Hall–Kier alpha value is -0.600. The molecular formula is C8H5Cl2FO. The average Bonchev–Trinajstić information content (AvgIpc) is 1.99. The molecule has 0 aliphatic carbocycles. The van der Waals surface area contributed by atoms with Crippen molar-refractivity contribution in [2.75, 3.05) is 0 Å². The fourth-order valence-corrected chi connectivity index (χ4v) is 1.08. The van der Waals surface area contributed by atoms with Crippen LogP contribution in [0.4, 0.5) is 4.39 Å². The molecule has 0 bridgehead atoms. The molecule has 0 spiro atoms. The van der Waals surface area contributed by atoms with Gasteiger partial charge in [-0.15, -0.1) is 0 Å². The standard InChI is InChI=1S/C8H5Cl2FO/c1-4(12)5-2-6(9)8(10)7(11)3-5/h2-3H,1H3. The molecule has 0 amide bonds. The van der Waals surface area contributed by atoms with Gasteiger partial charge < -0.3 is 0 Å². The maximum Gasteiger partial charge on any atom is 0.159 e. The van der Waals surface area contributed by atoms with Crippen LogP contribution < -0.4 is 0 Å². The number of rotatable bonds is 1. The van der Waals surface area contributed by atoms with Gasteiger partial charge in [0, 0.05) is 5.56 Å². The molecule has 0 aromatic heterocycles. The Kier molecular flexibility index (Phi) is 2.70. The van der Waals surface area contributed by atoms with Crippen LogP contribution >= 0.6 is 23.2 Å². The lowest BCUT2D eigenvalue weighted by Gasteiger charge is -2.00. The summed E-state index contributed by atoms with van der Waals surface area (Å²) in [6.45, 7) is 1.33. The third-order valence-corrected chi connectivity index (χ3v) is 2.17. The number of hydrogen-bond acceptors (Lipinski definition) is 1. The van der Waals surface area contributed by atoms with E-state index in [4.69, 9.17) is 23.2 Å². The van der Waals surface area contributed by atoms with Gasteiger partial charge in [-0.1, -0.05) is 23.2 Å². The first kappa shape index (κ1) is 9.49. The SMILES string of the molecule is CC(=O)c1cc(F)c(Cl)c(Cl)c1. The summed E-state index contributed by atoms with van der Waals surface area (Å²) in [5.41, 5.74) is 0.224. The summed E-state index contributed by atoms with van der Waals surface area (Å²) in [6, 6.07) is 2.41. The zero-order valence-corrected chi connectivity index (χ0v) is 7.71. The third kappa shape index (κ3) is 1.76. The predicted octanol–water partition coefficient (Wildman–Crippen LogP) is 3.34. The summed E-state index contributed by atoms with van der Waals surface area (Å²) in [7, 11) is 0. The summed E-state index contributed by atoms with van der Waals surface area (Å²) in [4.78, 5) is 10.8. The van der Waals surface area contributed by atoms with Gasteiger partial charge in [0.25, 0.3) is 0 Å². The molecule has 0 saturated carbocycles. The van der Waals surface area contributed by atoms with E-state index in [2.05, 4.69) is 0 Å². The van der Waals surface area contributed by atoms with Crippen molar-refractivity contribution in [2.45, 2.75) is 6.92 Å². The first-order valence-corrected chi connectivity index (χ1v) is 3.93. The molecule has 1 rings (SSSR count). The molecule has 0 fully saturated rings. The van der Waals surface area contributed by atoms with E-state index in [9.17, 15) is 9.18 Å². The molecule has 1 aromatic rings. The molecule has 0 aliphatic rings. The second kappa shape index (κ2) is 3.42. The molecule has 0 aliphatic heterocycles. The average molecular weight is 207 g/mol. The van der Waals surface area contributed by atoms with Gasteiger partial charge in [-0.3, -0.25) is 4.79 Å². The number of ketones is 1. The fourth-order valence-electron chi connectivity index (χ4n) is 0.759. The maximum atomic E-state index is 12.8. The summed E-state index contributed by atoms with van der Waals surface area (Å²) in [5.74, 6) is -0.915. The molecule has 4 heteroatoms. The molecule has 1 aromatic carbocycles. The molecule has 0 N–H and O–H groups in total. The van der Waals surface area contributed by atoms with Crippen molar-refractivity contribution >= 4 is 29.0 Å². The van der Waals surface area contributed by atoms with Crippen LogP contribution in [0.15, 0.2) is 12.1 Å². The van der Waals surface area contributed by atoms with E-state index >= 15 is 0 Å². The van der Waals surface area contributed by atoms with Crippen molar-refractivity contribution in [3.63, 3.8) is 0 Å². The largest absolute Gasteiger partial charge is 0.295 e. The third-order valence-electron chi connectivity index (χ3n) is 1.39. The summed E-state index contributed by atoms with van der Waals surface area (Å²) in [6.07, 6.45) is 0. The highest BCUT2D eigenvalue weighted by Crippen LogP contribution is 2.26. The van der Waals surface area contributed by atoms with E-state index in [1.165, 1.54) is 13.0 Å². The summed E-state index contributed by atoms with van der Waals surface area (Å²) < 4.78 is 12.8. The van der Waals surface area contributed by atoms with Crippen LogP contribution in [0, 0.1) is 5.82 Å². The van der Waals surface area contributed by atoms with Gasteiger partial charge in [0.15, 0.2) is 5.78 Å². The number of carbonyl (C=O) groups excluding carboxylic acids is 1. The monoisotopic (exact) mass is 206 g/mol. The summed E-state index contributed by atoms with van der Waals surface area (Å²) in [5, 5.41) is -0.0940. The van der Waals surface area contributed by atoms with E-state index in [1.807, 2.05) is 0 Å². The van der Waals surface area contributed by atoms with Gasteiger partial charge in [0.05, 0.1) is 10.0 Å². The minimum absolute atomic E-state index is 0.0573. The minimum atomic E-state index is -0.672. The number of halogens is 3. The minimum Gasteiger partial charge on any atom is -0.295 e. The van der Waals surface area contributed by atoms with Gasteiger partial charge >= 0.3 is 0 Å². The van der Waals surface area contributed by atoms with E-state index in [0.29, 0.717) is 0 Å². The summed E-state index contributed by atoms with van der Waals surface area (Å²) >= 11 is 11.0. The van der Waals surface area contributed by atoms with Crippen LogP contribution in [-0.4, -0.2) is 5.78 Å². The Morgan fingerprint density at radius 2 is 2.00 bits per heavy atom. The van der Waals surface area contributed by atoms with Crippen LogP contribution in [0.1, 0.15) is 17.3 Å². The topological polar surface area (TPSA) is 17.1 Å². The first-order chi connectivity index (χ1) is 5.52. The Bertz CT molecular complexity index is 313. The Balaban J connectivity index is 3.31. The van der Waals surface area contributed by atoms with Gasteiger partial charge in [0.2, 0.25) is 0 Å². The quantitative estimate of drug-likeness (QED) is 0.509. The molecular weight excluding hydrogens is 202 g/mol. The second-order valence-electron chi connectivity index (χ2n) is 2.31. The van der Waals surface area contributed by atoms with Gasteiger partial charge in [-0.25, -0.2) is 4.39 Å². The van der Waals surface area contributed by atoms with Crippen LogP contribution in [0.25, 0.3) is 0 Å². The van der Waals surface area contributed by atoms with Crippen molar-refractivity contribution in [3.8, 4) is 0 Å². The molecule has 0 heterocycles. The highest BCUT2D eigenvalue weighted by molar-refractivity contribution is 6.42. The number of carbonyl (C=O) groups is 1. The van der Waals surface area contributed by atoms with E-state index in [-0.39, 0.29) is 21.4 Å². The molecule has 0 atom stereocenters. The van der Waals surface area contributed by atoms with Crippen molar-refractivity contribution in [1.82, 2.24) is 0 Å². The van der Waals surface area contributed by atoms with E-state index < -0.39 is 5.82 Å². The zero-order chi connectivity index (χ0) is 9.30. The number of hydrogen-bond donors (Lipinski definition) is 0.